The highest BCUT2D eigenvalue weighted by Crippen LogP contribution is 2.31. The van der Waals surface area contributed by atoms with E-state index in [1.807, 2.05) is 73.7 Å². The lowest BCUT2D eigenvalue weighted by Gasteiger charge is -2.24. The number of rotatable bonds is 4. The molecule has 0 saturated heterocycles. The van der Waals surface area contributed by atoms with E-state index in [1.165, 1.54) is 11.3 Å². The molecule has 2 aromatic carbocycles. The molecule has 0 amide bonds. The number of nitrogens with zero attached hydrogens (tertiary/aromatic N) is 2. The summed E-state index contributed by atoms with van der Waals surface area (Å²) < 4.78 is 13.5. The number of hydrogen-bond acceptors (Lipinski definition) is 6. The molecule has 0 saturated carbocycles. The average molecular weight is 473 g/mol. The molecule has 2 aliphatic heterocycles. The summed E-state index contributed by atoms with van der Waals surface area (Å²) in [6, 6.07) is 16.7. The summed E-state index contributed by atoms with van der Waals surface area (Å²) in [4.78, 5) is 31.8. The standard InChI is InChI=1S/C27H24N2O4S/c1-4-32-26(31)23-16(2)28-27-29(24(23)18-10-6-5-7-11-18)25(30)22(34-27)15-20-14-19-12-8-9-13-21(19)33-17(20)3/h5-15,17,24H,4H2,1-3H3/b22-15-. The fourth-order valence-corrected chi connectivity index (χ4v) is 5.36. The van der Waals surface area contributed by atoms with Crippen molar-refractivity contribution in [1.29, 1.82) is 0 Å². The van der Waals surface area contributed by atoms with Gasteiger partial charge in [0, 0.05) is 5.56 Å². The molecule has 0 fully saturated rings. The predicted molar refractivity (Wildman–Crippen MR) is 132 cm³/mol. The van der Waals surface area contributed by atoms with Crippen LogP contribution in [0.2, 0.25) is 0 Å². The van der Waals surface area contributed by atoms with Gasteiger partial charge in [-0.3, -0.25) is 9.36 Å². The normalized spacial score (nSPS) is 19.5. The number of allylic oxidation sites excluding steroid dienone is 1. The van der Waals surface area contributed by atoms with Crippen LogP contribution in [0.1, 0.15) is 37.9 Å². The lowest BCUT2D eigenvalue weighted by atomic mass is 9.96. The maximum Gasteiger partial charge on any atom is 0.338 e. The smallest absolute Gasteiger partial charge is 0.338 e. The second-order valence-corrected chi connectivity index (χ2v) is 9.16. The van der Waals surface area contributed by atoms with E-state index in [2.05, 4.69) is 4.99 Å². The largest absolute Gasteiger partial charge is 0.485 e. The van der Waals surface area contributed by atoms with Crippen molar-refractivity contribution in [3.05, 3.63) is 102 Å². The van der Waals surface area contributed by atoms with Crippen molar-refractivity contribution in [3.63, 3.8) is 0 Å². The third kappa shape index (κ3) is 3.82. The van der Waals surface area contributed by atoms with E-state index < -0.39 is 12.0 Å². The summed E-state index contributed by atoms with van der Waals surface area (Å²) in [7, 11) is 0. The molecular formula is C27H24N2O4S. The highest BCUT2D eigenvalue weighted by Gasteiger charge is 2.33. The van der Waals surface area contributed by atoms with Crippen LogP contribution in [0.5, 0.6) is 5.75 Å². The SMILES string of the molecule is CCOC(=O)C1=C(C)N=c2s/c(=C\C3=Cc4ccccc4OC3C)c(=O)n2C1c1ccccc1. The molecule has 5 rings (SSSR count). The van der Waals surface area contributed by atoms with Crippen LogP contribution < -0.4 is 19.6 Å². The van der Waals surface area contributed by atoms with Crippen molar-refractivity contribution in [3.8, 4) is 5.75 Å². The van der Waals surface area contributed by atoms with Gasteiger partial charge in [0.2, 0.25) is 0 Å². The third-order valence-corrected chi connectivity index (χ3v) is 6.93. The molecule has 6 nitrogen and oxygen atoms in total. The molecule has 3 heterocycles. The molecule has 0 bridgehead atoms. The van der Waals surface area contributed by atoms with Gasteiger partial charge in [0.25, 0.3) is 5.56 Å². The summed E-state index contributed by atoms with van der Waals surface area (Å²) in [5, 5.41) is 0. The summed E-state index contributed by atoms with van der Waals surface area (Å²) in [5.41, 5.74) is 3.45. The number of carbonyl (C=O) groups excluding carboxylic acids is 1. The molecule has 2 unspecified atom stereocenters. The molecule has 2 atom stereocenters. The number of aromatic nitrogens is 1. The van der Waals surface area contributed by atoms with Gasteiger partial charge in [-0.05, 0) is 50.1 Å². The average Bonchev–Trinajstić information content (AvgIpc) is 3.13. The fraction of sp³-hybridized carbons (Fsp3) is 0.222. The Balaban J connectivity index is 1.69. The summed E-state index contributed by atoms with van der Waals surface area (Å²) in [6.45, 7) is 5.76. The maximum absolute atomic E-state index is 13.7. The minimum absolute atomic E-state index is 0.195. The second-order valence-electron chi connectivity index (χ2n) is 8.16. The van der Waals surface area contributed by atoms with E-state index in [0.29, 0.717) is 20.6 Å². The van der Waals surface area contributed by atoms with Crippen molar-refractivity contribution < 1.29 is 14.3 Å². The van der Waals surface area contributed by atoms with Gasteiger partial charge in [0.05, 0.1) is 28.5 Å². The molecule has 0 radical (unpaired) electrons. The highest BCUT2D eigenvalue weighted by molar-refractivity contribution is 7.07. The molecule has 0 aliphatic carbocycles. The molecule has 3 aromatic rings. The molecule has 7 heteroatoms. The minimum Gasteiger partial charge on any atom is -0.485 e. The minimum atomic E-state index is -0.603. The molecule has 172 valence electrons. The Bertz CT molecular complexity index is 1510. The Labute approximate surface area is 200 Å². The van der Waals surface area contributed by atoms with Crippen molar-refractivity contribution >= 4 is 29.5 Å². The van der Waals surface area contributed by atoms with E-state index >= 15 is 0 Å². The number of hydrogen-bond donors (Lipinski definition) is 0. The summed E-state index contributed by atoms with van der Waals surface area (Å²) in [6.07, 6.45) is 3.72. The van der Waals surface area contributed by atoms with Gasteiger partial charge in [-0.1, -0.05) is 59.9 Å². The number of thiazole rings is 1. The Hall–Kier alpha value is -3.71. The predicted octanol–water partition coefficient (Wildman–Crippen LogP) is 3.61. The van der Waals surface area contributed by atoms with Crippen LogP contribution in [-0.4, -0.2) is 23.2 Å². The van der Waals surface area contributed by atoms with Crippen molar-refractivity contribution in [1.82, 2.24) is 4.57 Å². The third-order valence-electron chi connectivity index (χ3n) is 5.94. The van der Waals surface area contributed by atoms with Crippen LogP contribution in [0, 0.1) is 0 Å². The Morgan fingerprint density at radius 3 is 2.68 bits per heavy atom. The molecule has 0 N–H and O–H groups in total. The van der Waals surface area contributed by atoms with Crippen molar-refractivity contribution in [2.75, 3.05) is 6.61 Å². The molecule has 34 heavy (non-hydrogen) atoms. The number of ether oxygens (including phenoxy) is 2. The first-order chi connectivity index (χ1) is 16.5. The Morgan fingerprint density at radius 2 is 1.91 bits per heavy atom. The number of benzene rings is 2. The van der Waals surface area contributed by atoms with E-state index in [0.717, 1.165) is 22.4 Å². The number of esters is 1. The van der Waals surface area contributed by atoms with Crippen LogP contribution in [0.15, 0.2) is 81.2 Å². The lowest BCUT2D eigenvalue weighted by molar-refractivity contribution is -0.139. The van der Waals surface area contributed by atoms with Gasteiger partial charge in [0.15, 0.2) is 4.80 Å². The van der Waals surface area contributed by atoms with E-state index in [4.69, 9.17) is 9.47 Å². The van der Waals surface area contributed by atoms with E-state index in [-0.39, 0.29) is 18.3 Å². The van der Waals surface area contributed by atoms with Crippen LogP contribution in [-0.2, 0) is 9.53 Å². The summed E-state index contributed by atoms with van der Waals surface area (Å²) in [5.74, 6) is 0.368. The quantitative estimate of drug-likeness (QED) is 0.544. The van der Waals surface area contributed by atoms with Crippen LogP contribution in [0.3, 0.4) is 0 Å². The highest BCUT2D eigenvalue weighted by atomic mass is 32.1. The van der Waals surface area contributed by atoms with Gasteiger partial charge in [-0.2, -0.15) is 0 Å². The molecule has 0 spiro atoms. The van der Waals surface area contributed by atoms with Gasteiger partial charge >= 0.3 is 5.97 Å². The molecular weight excluding hydrogens is 448 g/mol. The Kier molecular flexibility index (Phi) is 5.79. The van der Waals surface area contributed by atoms with Crippen molar-refractivity contribution in [2.45, 2.75) is 32.9 Å². The zero-order valence-electron chi connectivity index (χ0n) is 19.1. The van der Waals surface area contributed by atoms with Crippen LogP contribution in [0.4, 0.5) is 0 Å². The van der Waals surface area contributed by atoms with Gasteiger partial charge in [-0.25, -0.2) is 9.79 Å². The first-order valence-electron chi connectivity index (χ1n) is 11.2. The zero-order chi connectivity index (χ0) is 23.8. The lowest BCUT2D eigenvalue weighted by Crippen LogP contribution is -2.40. The fourth-order valence-electron chi connectivity index (χ4n) is 4.32. The van der Waals surface area contributed by atoms with Crippen LogP contribution >= 0.6 is 11.3 Å². The maximum atomic E-state index is 13.7. The van der Waals surface area contributed by atoms with Gasteiger partial charge in [0.1, 0.15) is 11.9 Å². The zero-order valence-corrected chi connectivity index (χ0v) is 20.0. The van der Waals surface area contributed by atoms with Crippen molar-refractivity contribution in [2.24, 2.45) is 4.99 Å². The van der Waals surface area contributed by atoms with Gasteiger partial charge in [-0.15, -0.1) is 0 Å². The number of para-hydroxylation sites is 1. The van der Waals surface area contributed by atoms with Crippen LogP contribution in [0.25, 0.3) is 12.2 Å². The number of fused-ring (bicyclic) bond motifs is 2. The monoisotopic (exact) mass is 472 g/mol. The van der Waals surface area contributed by atoms with Gasteiger partial charge < -0.3 is 9.47 Å². The molecule has 1 aromatic heterocycles. The summed E-state index contributed by atoms with van der Waals surface area (Å²) >= 11 is 1.31. The first-order valence-corrected chi connectivity index (χ1v) is 12.0. The van der Waals surface area contributed by atoms with E-state index in [1.54, 1.807) is 18.4 Å². The first kappa shape index (κ1) is 22.1. The number of carbonyl (C=O) groups is 1. The second kappa shape index (κ2) is 8.91. The molecule has 2 aliphatic rings. The topological polar surface area (TPSA) is 69.9 Å². The van der Waals surface area contributed by atoms with E-state index in [9.17, 15) is 9.59 Å². The Morgan fingerprint density at radius 1 is 1.18 bits per heavy atom.